The highest BCUT2D eigenvalue weighted by atomic mass is 19.1. The third kappa shape index (κ3) is 3.99. The number of hydrogen-bond acceptors (Lipinski definition) is 3. The largest absolute Gasteiger partial charge is 0.485 e. The Balaban J connectivity index is 1.51. The molecule has 0 radical (unpaired) electrons. The minimum atomic E-state index is -0.331. The Bertz CT molecular complexity index is 1240. The van der Waals surface area contributed by atoms with E-state index in [2.05, 4.69) is 11.2 Å². The van der Waals surface area contributed by atoms with Crippen molar-refractivity contribution in [1.82, 2.24) is 9.78 Å². The number of ether oxygens (including phenoxy) is 1. The molecule has 0 N–H and O–H groups in total. The van der Waals surface area contributed by atoms with Gasteiger partial charge in [0.15, 0.2) is 11.4 Å². The summed E-state index contributed by atoms with van der Waals surface area (Å²) in [6.45, 7) is 0.935. The number of rotatable bonds is 5. The SMILES string of the molecule is O=C(c1nn(-c2ccc(F)cc2)cc1OCc1ccccc1)N1CCCc2ccccc21. The molecule has 5 rings (SSSR count). The minimum Gasteiger partial charge on any atom is -0.485 e. The Morgan fingerprint density at radius 3 is 2.53 bits per heavy atom. The number of halogens is 1. The number of aryl methyl sites for hydroxylation is 1. The van der Waals surface area contributed by atoms with Crippen molar-refractivity contribution in [1.29, 1.82) is 0 Å². The molecule has 1 aromatic heterocycles. The average Bonchev–Trinajstić information content (AvgIpc) is 3.27. The van der Waals surface area contributed by atoms with E-state index in [9.17, 15) is 9.18 Å². The molecule has 1 amide bonds. The average molecular weight is 427 g/mol. The predicted octanol–water partition coefficient (Wildman–Crippen LogP) is 5.18. The summed E-state index contributed by atoms with van der Waals surface area (Å²) in [4.78, 5) is 15.4. The first-order valence-electron chi connectivity index (χ1n) is 10.6. The number of nitrogens with zero attached hydrogens (tertiary/aromatic N) is 3. The first kappa shape index (κ1) is 20.0. The minimum absolute atomic E-state index is 0.207. The van der Waals surface area contributed by atoms with Gasteiger partial charge >= 0.3 is 0 Å². The Hall–Kier alpha value is -3.93. The number of fused-ring (bicyclic) bond motifs is 1. The van der Waals surface area contributed by atoms with Crippen LogP contribution in [0.25, 0.3) is 5.69 Å². The van der Waals surface area contributed by atoms with E-state index in [0.29, 0.717) is 24.6 Å². The molecule has 6 heteroatoms. The van der Waals surface area contributed by atoms with Crippen molar-refractivity contribution >= 4 is 11.6 Å². The van der Waals surface area contributed by atoms with Crippen molar-refractivity contribution < 1.29 is 13.9 Å². The maximum absolute atomic E-state index is 13.6. The number of aromatic nitrogens is 2. The Labute approximate surface area is 185 Å². The van der Waals surface area contributed by atoms with E-state index in [-0.39, 0.29) is 17.4 Å². The van der Waals surface area contributed by atoms with E-state index in [1.807, 2.05) is 48.5 Å². The van der Waals surface area contributed by atoms with E-state index < -0.39 is 0 Å². The lowest BCUT2D eigenvalue weighted by molar-refractivity contribution is 0.0975. The summed E-state index contributed by atoms with van der Waals surface area (Å²) in [7, 11) is 0. The molecule has 4 aromatic rings. The highest BCUT2D eigenvalue weighted by Gasteiger charge is 2.28. The zero-order valence-electron chi connectivity index (χ0n) is 17.4. The molecule has 2 heterocycles. The predicted molar refractivity (Wildman–Crippen MR) is 121 cm³/mol. The van der Waals surface area contributed by atoms with Gasteiger partial charge in [-0.25, -0.2) is 9.07 Å². The summed E-state index contributed by atoms with van der Waals surface area (Å²) >= 11 is 0. The van der Waals surface area contributed by atoms with Gasteiger partial charge < -0.3 is 9.64 Å². The Kier molecular flexibility index (Phi) is 5.42. The molecular weight excluding hydrogens is 405 g/mol. The smallest absolute Gasteiger partial charge is 0.282 e. The number of carbonyl (C=O) groups is 1. The third-order valence-corrected chi connectivity index (χ3v) is 5.57. The lowest BCUT2D eigenvalue weighted by Gasteiger charge is -2.29. The maximum atomic E-state index is 13.6. The molecule has 160 valence electrons. The lowest BCUT2D eigenvalue weighted by atomic mass is 10.0. The van der Waals surface area contributed by atoms with E-state index >= 15 is 0 Å². The third-order valence-electron chi connectivity index (χ3n) is 5.57. The van der Waals surface area contributed by atoms with Crippen molar-refractivity contribution in [3.63, 3.8) is 0 Å². The van der Waals surface area contributed by atoms with Gasteiger partial charge in [0.2, 0.25) is 0 Å². The number of anilines is 1. The standard InChI is InChI=1S/C26H22FN3O2/c27-21-12-14-22(15-13-21)30-17-24(32-18-19-7-2-1-3-8-19)25(28-30)26(31)29-16-6-10-20-9-4-5-11-23(20)29/h1-5,7-9,11-15,17H,6,10,16,18H2. The van der Waals surface area contributed by atoms with Gasteiger partial charge in [0.25, 0.3) is 5.91 Å². The monoisotopic (exact) mass is 427 g/mol. The number of amides is 1. The van der Waals surface area contributed by atoms with Crippen molar-refractivity contribution in [2.45, 2.75) is 19.4 Å². The fourth-order valence-corrected chi connectivity index (χ4v) is 3.95. The molecule has 0 saturated carbocycles. The van der Waals surface area contributed by atoms with Crippen molar-refractivity contribution in [3.8, 4) is 11.4 Å². The fraction of sp³-hybridized carbons (Fsp3) is 0.154. The van der Waals surface area contributed by atoms with Crippen LogP contribution in [-0.2, 0) is 13.0 Å². The first-order valence-corrected chi connectivity index (χ1v) is 10.6. The van der Waals surface area contributed by atoms with Gasteiger partial charge in [-0.3, -0.25) is 4.79 Å². The second kappa shape index (κ2) is 8.67. The van der Waals surface area contributed by atoms with Crippen LogP contribution in [0.15, 0.2) is 85.1 Å². The summed E-state index contributed by atoms with van der Waals surface area (Å²) in [5.74, 6) is -0.144. The fourth-order valence-electron chi connectivity index (χ4n) is 3.95. The van der Waals surface area contributed by atoms with Gasteiger partial charge in [-0.05, 0) is 54.3 Å². The maximum Gasteiger partial charge on any atom is 0.282 e. The molecule has 1 aliphatic rings. The quantitative estimate of drug-likeness (QED) is 0.441. The molecule has 32 heavy (non-hydrogen) atoms. The first-order chi connectivity index (χ1) is 15.7. The zero-order valence-corrected chi connectivity index (χ0v) is 17.4. The van der Waals surface area contributed by atoms with Gasteiger partial charge in [0.05, 0.1) is 11.9 Å². The normalized spacial score (nSPS) is 13.0. The summed E-state index contributed by atoms with van der Waals surface area (Å²) in [6, 6.07) is 23.7. The van der Waals surface area contributed by atoms with Crippen LogP contribution in [0.3, 0.4) is 0 Å². The van der Waals surface area contributed by atoms with Crippen molar-refractivity contribution in [2.75, 3.05) is 11.4 Å². The van der Waals surface area contributed by atoms with Crippen LogP contribution in [0.4, 0.5) is 10.1 Å². The molecule has 0 spiro atoms. The van der Waals surface area contributed by atoms with Gasteiger partial charge in [0, 0.05) is 12.2 Å². The molecule has 0 saturated heterocycles. The van der Waals surface area contributed by atoms with Crippen LogP contribution in [0.1, 0.15) is 28.0 Å². The van der Waals surface area contributed by atoms with Gasteiger partial charge in [-0.2, -0.15) is 5.10 Å². The summed E-state index contributed by atoms with van der Waals surface area (Å²) in [5.41, 5.74) is 3.94. The molecule has 1 aliphatic heterocycles. The molecule has 0 atom stereocenters. The van der Waals surface area contributed by atoms with E-state index in [0.717, 1.165) is 29.7 Å². The summed E-state index contributed by atoms with van der Waals surface area (Å²) < 4.78 is 21.0. The van der Waals surface area contributed by atoms with Crippen LogP contribution in [0.2, 0.25) is 0 Å². The van der Waals surface area contributed by atoms with Crippen LogP contribution in [-0.4, -0.2) is 22.2 Å². The molecular formula is C26H22FN3O2. The molecule has 0 aliphatic carbocycles. The highest BCUT2D eigenvalue weighted by molar-refractivity contribution is 6.07. The number of carbonyl (C=O) groups excluding carboxylic acids is 1. The van der Waals surface area contributed by atoms with Crippen LogP contribution in [0, 0.1) is 5.82 Å². The van der Waals surface area contributed by atoms with Crippen molar-refractivity contribution in [3.05, 3.63) is 108 Å². The van der Waals surface area contributed by atoms with Crippen LogP contribution in [0.5, 0.6) is 5.75 Å². The topological polar surface area (TPSA) is 47.4 Å². The van der Waals surface area contributed by atoms with Gasteiger partial charge in [-0.1, -0.05) is 48.5 Å². The summed E-state index contributed by atoms with van der Waals surface area (Å²) in [6.07, 6.45) is 3.52. The van der Waals surface area contributed by atoms with E-state index in [1.54, 1.807) is 27.9 Å². The number of para-hydroxylation sites is 1. The van der Waals surface area contributed by atoms with Crippen LogP contribution < -0.4 is 9.64 Å². The van der Waals surface area contributed by atoms with E-state index in [1.165, 1.54) is 12.1 Å². The van der Waals surface area contributed by atoms with Crippen molar-refractivity contribution in [2.24, 2.45) is 0 Å². The van der Waals surface area contributed by atoms with E-state index in [4.69, 9.17) is 4.74 Å². The Morgan fingerprint density at radius 1 is 0.969 bits per heavy atom. The van der Waals surface area contributed by atoms with Gasteiger partial charge in [0.1, 0.15) is 12.4 Å². The van der Waals surface area contributed by atoms with Crippen LogP contribution >= 0.6 is 0 Å². The zero-order chi connectivity index (χ0) is 21.9. The molecule has 3 aromatic carbocycles. The molecule has 0 unspecified atom stereocenters. The molecule has 5 nitrogen and oxygen atoms in total. The second-order valence-corrected chi connectivity index (χ2v) is 7.73. The summed E-state index contributed by atoms with van der Waals surface area (Å²) in [5, 5.41) is 4.55. The number of benzene rings is 3. The lowest BCUT2D eigenvalue weighted by Crippen LogP contribution is -2.36. The molecule has 0 fully saturated rings. The Morgan fingerprint density at radius 2 is 1.72 bits per heavy atom. The van der Waals surface area contributed by atoms with Gasteiger partial charge in [-0.15, -0.1) is 0 Å². The number of hydrogen-bond donors (Lipinski definition) is 0. The molecule has 0 bridgehead atoms. The second-order valence-electron chi connectivity index (χ2n) is 7.73. The highest BCUT2D eigenvalue weighted by Crippen LogP contribution is 2.30.